The summed E-state index contributed by atoms with van der Waals surface area (Å²) in [5.74, 6) is 0.249. The van der Waals surface area contributed by atoms with E-state index in [-0.39, 0.29) is 11.6 Å². The van der Waals surface area contributed by atoms with Crippen molar-refractivity contribution in [3.63, 3.8) is 0 Å². The van der Waals surface area contributed by atoms with Crippen LogP contribution < -0.4 is 0 Å². The lowest BCUT2D eigenvalue weighted by Crippen LogP contribution is -2.15. The fourth-order valence-electron chi connectivity index (χ4n) is 2.73. The van der Waals surface area contributed by atoms with Crippen molar-refractivity contribution in [2.75, 3.05) is 145 Å². The maximum absolute atomic E-state index is 10.8. The Morgan fingerprint density at radius 1 is 0.268 bits per heavy atom. The molecule has 0 amide bonds. The number of Topliss-reactive ketones (excluding diaryl/α,β-unsaturated/α-hetero) is 2. The highest BCUT2D eigenvalue weighted by Crippen LogP contribution is 1.89. The minimum atomic E-state index is 0.124. The second kappa shape index (κ2) is 35.1. The zero-order chi connectivity index (χ0) is 29.9. The quantitative estimate of drug-likeness (QED) is 0.0954. The summed E-state index contributed by atoms with van der Waals surface area (Å²) in [6.07, 6.45) is 0.882. The smallest absolute Gasteiger partial charge is 0.132 e. The van der Waals surface area contributed by atoms with E-state index in [1.807, 2.05) is 0 Å². The predicted molar refractivity (Wildman–Crippen MR) is 150 cm³/mol. The number of rotatable bonds is 36. The summed E-state index contributed by atoms with van der Waals surface area (Å²) in [6.45, 7) is 13.9. The first-order chi connectivity index (χ1) is 20.1. The molecule has 0 fully saturated rings. The van der Waals surface area contributed by atoms with Gasteiger partial charge in [0.05, 0.1) is 145 Å². The Morgan fingerprint density at radius 3 is 0.512 bits per heavy atom. The summed E-state index contributed by atoms with van der Waals surface area (Å²) >= 11 is 0. The molecule has 0 unspecified atom stereocenters. The third kappa shape index (κ3) is 38.9. The molecule has 0 aliphatic rings. The zero-order valence-electron chi connectivity index (χ0n) is 25.3. The molecule has 0 spiro atoms. The largest absolute Gasteiger partial charge is 0.379 e. The molecule has 13 nitrogen and oxygen atoms in total. The van der Waals surface area contributed by atoms with Crippen LogP contribution >= 0.6 is 0 Å². The standard InChI is InChI=1S/C28H54O13/c1-27(29)3-5-31-7-9-33-11-13-35-15-17-37-19-21-39-23-25-41-26-24-40-22-20-38-18-16-36-14-12-34-10-8-32-6-4-28(2)30/h3-26H2,1-2H3. The van der Waals surface area contributed by atoms with Crippen LogP contribution in [-0.2, 0) is 61.7 Å². The van der Waals surface area contributed by atoms with Crippen molar-refractivity contribution < 1.29 is 61.7 Å². The highest BCUT2D eigenvalue weighted by molar-refractivity contribution is 5.75. The molecule has 0 aliphatic heterocycles. The molecule has 0 aromatic rings. The first-order valence-corrected chi connectivity index (χ1v) is 14.5. The van der Waals surface area contributed by atoms with Gasteiger partial charge < -0.3 is 52.1 Å². The van der Waals surface area contributed by atoms with Crippen molar-refractivity contribution >= 4 is 11.6 Å². The Balaban J connectivity index is 3.04. The van der Waals surface area contributed by atoms with E-state index < -0.39 is 0 Å². The third-order valence-corrected chi connectivity index (χ3v) is 4.92. The van der Waals surface area contributed by atoms with E-state index in [0.29, 0.717) is 158 Å². The van der Waals surface area contributed by atoms with Crippen LogP contribution in [0.1, 0.15) is 26.7 Å². The van der Waals surface area contributed by atoms with E-state index in [9.17, 15) is 9.59 Å². The molecule has 0 rings (SSSR count). The van der Waals surface area contributed by atoms with E-state index in [0.717, 1.165) is 0 Å². The number of hydrogen-bond acceptors (Lipinski definition) is 13. The van der Waals surface area contributed by atoms with Crippen molar-refractivity contribution in [2.45, 2.75) is 26.7 Å². The van der Waals surface area contributed by atoms with Gasteiger partial charge in [0.1, 0.15) is 11.6 Å². The van der Waals surface area contributed by atoms with Crippen molar-refractivity contribution in [1.29, 1.82) is 0 Å². The van der Waals surface area contributed by atoms with E-state index in [4.69, 9.17) is 52.1 Å². The Kier molecular flexibility index (Phi) is 34.2. The van der Waals surface area contributed by atoms with Gasteiger partial charge in [0, 0.05) is 12.8 Å². The van der Waals surface area contributed by atoms with Gasteiger partial charge in [0.15, 0.2) is 0 Å². The summed E-state index contributed by atoms with van der Waals surface area (Å²) in [5, 5.41) is 0. The molecule has 0 saturated heterocycles. The lowest BCUT2D eigenvalue weighted by atomic mass is 10.3. The first kappa shape index (κ1) is 39.9. The van der Waals surface area contributed by atoms with Gasteiger partial charge in [-0.3, -0.25) is 9.59 Å². The van der Waals surface area contributed by atoms with Crippen molar-refractivity contribution in [3.8, 4) is 0 Å². The summed E-state index contributed by atoms with van der Waals surface area (Å²) in [6, 6.07) is 0. The highest BCUT2D eigenvalue weighted by atomic mass is 16.6. The van der Waals surface area contributed by atoms with Crippen molar-refractivity contribution in [3.05, 3.63) is 0 Å². The number of ketones is 2. The van der Waals surface area contributed by atoms with Gasteiger partial charge in [-0.1, -0.05) is 0 Å². The predicted octanol–water partition coefficient (Wildman–Crippen LogP) is 1.13. The van der Waals surface area contributed by atoms with Crippen LogP contribution in [0, 0.1) is 0 Å². The topological polar surface area (TPSA) is 136 Å². The van der Waals surface area contributed by atoms with E-state index in [1.54, 1.807) is 13.8 Å². The summed E-state index contributed by atoms with van der Waals surface area (Å²) < 4.78 is 59.3. The third-order valence-electron chi connectivity index (χ3n) is 4.92. The molecule has 0 aromatic heterocycles. The molecule has 0 N–H and O–H groups in total. The average Bonchev–Trinajstić information content (AvgIpc) is 2.94. The Labute approximate surface area is 245 Å². The van der Waals surface area contributed by atoms with Gasteiger partial charge in [-0.05, 0) is 13.8 Å². The van der Waals surface area contributed by atoms with Crippen LogP contribution in [0.5, 0.6) is 0 Å². The minimum Gasteiger partial charge on any atom is -0.379 e. The van der Waals surface area contributed by atoms with Crippen LogP contribution in [0.25, 0.3) is 0 Å². The van der Waals surface area contributed by atoms with Crippen LogP contribution in [0.3, 0.4) is 0 Å². The first-order valence-electron chi connectivity index (χ1n) is 14.5. The maximum atomic E-state index is 10.8. The van der Waals surface area contributed by atoms with Crippen molar-refractivity contribution in [2.24, 2.45) is 0 Å². The Hall–Kier alpha value is -1.10. The molecule has 0 aromatic carbocycles. The summed E-state index contributed by atoms with van der Waals surface area (Å²) in [4.78, 5) is 21.5. The molecule has 0 bridgehead atoms. The van der Waals surface area contributed by atoms with Crippen LogP contribution in [0.2, 0.25) is 0 Å². The monoisotopic (exact) mass is 598 g/mol. The van der Waals surface area contributed by atoms with Crippen molar-refractivity contribution in [1.82, 2.24) is 0 Å². The van der Waals surface area contributed by atoms with E-state index >= 15 is 0 Å². The number of ether oxygens (including phenoxy) is 11. The second-order valence-electron chi connectivity index (χ2n) is 8.64. The summed E-state index contributed by atoms with van der Waals surface area (Å²) in [5.41, 5.74) is 0. The van der Waals surface area contributed by atoms with Gasteiger partial charge >= 0.3 is 0 Å². The van der Waals surface area contributed by atoms with Gasteiger partial charge in [-0.2, -0.15) is 0 Å². The molecule has 41 heavy (non-hydrogen) atoms. The summed E-state index contributed by atoms with van der Waals surface area (Å²) in [7, 11) is 0. The number of hydrogen-bond donors (Lipinski definition) is 0. The van der Waals surface area contributed by atoms with Gasteiger partial charge in [-0.15, -0.1) is 0 Å². The molecular weight excluding hydrogens is 544 g/mol. The van der Waals surface area contributed by atoms with Gasteiger partial charge in [0.2, 0.25) is 0 Å². The fourth-order valence-corrected chi connectivity index (χ4v) is 2.73. The Bertz CT molecular complexity index is 505. The number of carbonyl (C=O) groups is 2. The zero-order valence-corrected chi connectivity index (χ0v) is 25.3. The fraction of sp³-hybridized carbons (Fsp3) is 0.929. The second-order valence-corrected chi connectivity index (χ2v) is 8.64. The lowest BCUT2D eigenvalue weighted by molar-refractivity contribution is -0.119. The molecule has 244 valence electrons. The molecule has 13 heteroatoms. The highest BCUT2D eigenvalue weighted by Gasteiger charge is 1.97. The van der Waals surface area contributed by atoms with E-state index in [2.05, 4.69) is 0 Å². The molecular formula is C28H54O13. The average molecular weight is 599 g/mol. The Morgan fingerprint density at radius 2 is 0.390 bits per heavy atom. The lowest BCUT2D eigenvalue weighted by Gasteiger charge is -2.09. The molecule has 0 heterocycles. The normalized spacial score (nSPS) is 11.4. The van der Waals surface area contributed by atoms with Gasteiger partial charge in [-0.25, -0.2) is 0 Å². The van der Waals surface area contributed by atoms with Crippen LogP contribution in [0.15, 0.2) is 0 Å². The molecule has 0 saturated carbocycles. The van der Waals surface area contributed by atoms with Gasteiger partial charge in [0.25, 0.3) is 0 Å². The molecule has 0 aliphatic carbocycles. The SMILES string of the molecule is CC(=O)CCOCCOCCOCCOCCOCCOCCOCCOCCOCCOCCOCCC(C)=O. The molecule has 0 atom stereocenters. The van der Waals surface area contributed by atoms with E-state index in [1.165, 1.54) is 0 Å². The minimum absolute atomic E-state index is 0.124. The van der Waals surface area contributed by atoms with Crippen LogP contribution in [0.4, 0.5) is 0 Å². The molecule has 0 radical (unpaired) electrons. The number of carbonyl (C=O) groups excluding carboxylic acids is 2. The van der Waals surface area contributed by atoms with Crippen LogP contribution in [-0.4, -0.2) is 157 Å². The maximum Gasteiger partial charge on any atom is 0.132 e.